The van der Waals surface area contributed by atoms with Gasteiger partial charge in [-0.3, -0.25) is 0 Å². The minimum Gasteiger partial charge on any atom is -0.313 e. The predicted molar refractivity (Wildman–Crippen MR) is 64.2 cm³/mol. The lowest BCUT2D eigenvalue weighted by Crippen LogP contribution is -1.78. The molecule has 0 bridgehead atoms. The molecule has 2 rings (SSSR count). The summed E-state index contributed by atoms with van der Waals surface area (Å²) in [7, 11) is -1.26. The molecule has 0 amide bonds. The molecule has 6 nitrogen and oxygen atoms in total. The van der Waals surface area contributed by atoms with Crippen molar-refractivity contribution in [3.63, 3.8) is 0 Å². The highest BCUT2D eigenvalue weighted by Gasteiger charge is 2.00. The monoisotopic (exact) mass is 332 g/mol. The van der Waals surface area contributed by atoms with Gasteiger partial charge >= 0.3 is 0 Å². The van der Waals surface area contributed by atoms with Gasteiger partial charge in [0.1, 0.15) is 8.51 Å². The van der Waals surface area contributed by atoms with Crippen molar-refractivity contribution in [1.29, 1.82) is 0 Å². The number of halogens is 3. The number of nitrogens with zero attached hydrogens (tertiary/aromatic N) is 4. The van der Waals surface area contributed by atoms with Crippen LogP contribution in [0.4, 0.5) is 13.2 Å². The highest BCUT2D eigenvalue weighted by molar-refractivity contribution is 7.51. The van der Waals surface area contributed by atoms with E-state index >= 15 is 0 Å². The maximum atomic E-state index is 12.1. The molecular weight excluding hydrogens is 327 g/mol. The van der Waals surface area contributed by atoms with Crippen molar-refractivity contribution < 1.29 is 13.2 Å². The van der Waals surface area contributed by atoms with Gasteiger partial charge in [-0.15, -0.1) is 8.51 Å². The Bertz CT molecular complexity index is 364. The Morgan fingerprint density at radius 2 is 2.13 bits per heavy atom. The summed E-state index contributed by atoms with van der Waals surface area (Å²) in [6.45, 7) is 0. The third-order valence-electron chi connectivity index (χ3n) is 0.851. The minimum absolute atomic E-state index is 0.138. The lowest BCUT2D eigenvalue weighted by Gasteiger charge is -1.94. The van der Waals surface area contributed by atoms with Crippen LogP contribution in [0.3, 0.4) is 0 Å². The summed E-state index contributed by atoms with van der Waals surface area (Å²) < 4.78 is 48.7. The SMILES string of the molecule is Fn1pn[pH]n(F)p1F.n1p[nH][pH][nH][pH]1. The van der Waals surface area contributed by atoms with Crippen molar-refractivity contribution in [2.75, 3.05) is 0 Å². The van der Waals surface area contributed by atoms with Crippen LogP contribution in [0.1, 0.15) is 0 Å². The summed E-state index contributed by atoms with van der Waals surface area (Å²) in [6, 6.07) is 0. The molecule has 0 spiro atoms. The average molecular weight is 332 g/mol. The molecule has 0 aliphatic carbocycles. The van der Waals surface area contributed by atoms with Gasteiger partial charge in [-0.1, -0.05) is 13.3 Å². The fourth-order valence-electron chi connectivity index (χ4n) is 0.384. The van der Waals surface area contributed by atoms with Crippen molar-refractivity contribution in [3.05, 3.63) is 0 Å². The second kappa shape index (κ2) is 7.63. The molecule has 15 heteroatoms. The van der Waals surface area contributed by atoms with E-state index in [-0.39, 0.29) is 17.1 Å². The van der Waals surface area contributed by atoms with Crippen molar-refractivity contribution >= 4 is 50.7 Å². The molecule has 0 aromatic carbocycles. The van der Waals surface area contributed by atoms with Crippen LogP contribution in [0.5, 0.6) is 0 Å². The summed E-state index contributed by atoms with van der Waals surface area (Å²) in [5.74, 6) is 0. The molecule has 0 aliphatic rings. The number of hydrogen-bond acceptors (Lipinski definition) is 2. The fraction of sp³-hybridized carbons (Fsp3) is 0. The van der Waals surface area contributed by atoms with Crippen LogP contribution in [0.25, 0.3) is 0 Å². The molecule has 2 N–H and O–H groups in total. The molecule has 0 aliphatic heterocycles. The van der Waals surface area contributed by atoms with Gasteiger partial charge < -0.3 is 9.02 Å². The van der Waals surface area contributed by atoms with Crippen LogP contribution in [0, 0.1) is 0 Å². The number of aromatic amines is 2. The summed E-state index contributed by atoms with van der Waals surface area (Å²) in [5.41, 5.74) is 0. The topological polar surface area (TPSA) is 67.2 Å². The lowest BCUT2D eigenvalue weighted by atomic mass is 13.7. The maximum absolute atomic E-state index is 12.1. The molecule has 0 saturated heterocycles. The third kappa shape index (κ3) is 5.31. The van der Waals surface area contributed by atoms with Crippen molar-refractivity contribution in [2.45, 2.75) is 0 Å². The normalized spacial score (nSPS) is 12.9. The number of hydrogen-bond donors (Lipinski definition) is 2. The Kier molecular flexibility index (Phi) is 6.84. The van der Waals surface area contributed by atoms with E-state index in [1.54, 1.807) is 0 Å². The number of H-pyrrole nitrogens is 2. The smallest absolute Gasteiger partial charge is 0.289 e. The first-order valence-electron chi connectivity index (χ1n) is 3.15. The zero-order valence-corrected chi connectivity index (χ0v) is 12.4. The summed E-state index contributed by atoms with van der Waals surface area (Å²) in [6.07, 6.45) is 0. The van der Waals surface area contributed by atoms with Crippen LogP contribution in [0.2, 0.25) is 0 Å². The van der Waals surface area contributed by atoms with Gasteiger partial charge in [0.05, 0.1) is 8.51 Å². The fourth-order valence-corrected chi connectivity index (χ4v) is 5.87. The molecule has 15 heavy (non-hydrogen) atoms. The van der Waals surface area contributed by atoms with Crippen LogP contribution < -0.4 is 0 Å². The number of aromatic nitrogens is 6. The highest BCUT2D eigenvalue weighted by atomic mass is 31.2. The van der Waals surface area contributed by atoms with Crippen LogP contribution in [-0.4, -0.2) is 26.7 Å². The summed E-state index contributed by atoms with van der Waals surface area (Å²) >= 11 is 0. The largest absolute Gasteiger partial charge is 0.313 e. The molecule has 2 aromatic rings. The first-order valence-corrected chi connectivity index (χ1v) is 8.78. The van der Waals surface area contributed by atoms with Gasteiger partial charge in [-0.2, -0.15) is 9.02 Å². The van der Waals surface area contributed by atoms with E-state index < -0.39 is 16.7 Å². The first-order chi connectivity index (χ1) is 7.22. The van der Waals surface area contributed by atoms with Gasteiger partial charge in [0, 0.05) is 17.0 Å². The van der Waals surface area contributed by atoms with E-state index in [9.17, 15) is 13.2 Å². The predicted octanol–water partition coefficient (Wildman–Crippen LogP) is 4.11. The minimum atomic E-state index is -2.87. The van der Waals surface area contributed by atoms with Gasteiger partial charge in [-0.25, -0.2) is 0 Å². The molecule has 2 heterocycles. The highest BCUT2D eigenvalue weighted by Crippen LogP contribution is 2.33. The van der Waals surface area contributed by atoms with Crippen LogP contribution in [0.15, 0.2) is 0 Å². The molecule has 4 atom stereocenters. The molecule has 0 saturated carbocycles. The second-order valence-corrected chi connectivity index (χ2v) is 8.87. The third-order valence-corrected chi connectivity index (χ3v) is 6.48. The molecule has 2 aromatic heterocycles. The van der Waals surface area contributed by atoms with Crippen LogP contribution >= 0.6 is 50.7 Å². The Morgan fingerprint density at radius 1 is 1.33 bits per heavy atom. The molecule has 0 radical (unpaired) electrons. The number of nitrogens with one attached hydrogen (secondary N) is 2. The maximum Gasteiger partial charge on any atom is 0.289 e. The van der Waals surface area contributed by atoms with E-state index in [4.69, 9.17) is 0 Å². The molecule has 86 valence electrons. The second-order valence-electron chi connectivity index (χ2n) is 1.70. The first kappa shape index (κ1) is 13.5. The van der Waals surface area contributed by atoms with Gasteiger partial charge in [0.15, 0.2) is 8.51 Å². The quantitative estimate of drug-likeness (QED) is 0.762. The number of rotatable bonds is 0. The molecular formula is H5F3N6P6. The Hall–Kier alpha value is 0.390. The van der Waals surface area contributed by atoms with E-state index in [1.165, 1.54) is 0 Å². The van der Waals surface area contributed by atoms with Crippen molar-refractivity contribution in [2.24, 2.45) is 0 Å². The Morgan fingerprint density at radius 3 is 2.47 bits per heavy atom. The standard InChI is InChI=1S/F3HN3P3.H4N3P3/c1-5-7-4-8-6(2)9(5)3;1-4-2-6-3-5-1/h7H;1,4-5H,(H,2,3). The van der Waals surface area contributed by atoms with Crippen molar-refractivity contribution in [1.82, 2.24) is 26.7 Å². The zero-order valence-electron chi connectivity index (χ0n) is 6.76. The van der Waals surface area contributed by atoms with Crippen molar-refractivity contribution in [3.8, 4) is 0 Å². The van der Waals surface area contributed by atoms with E-state index in [0.717, 1.165) is 8.51 Å². The van der Waals surface area contributed by atoms with E-state index in [0.29, 0.717) is 17.0 Å². The summed E-state index contributed by atoms with van der Waals surface area (Å²) in [5, 5.41) is 0. The van der Waals surface area contributed by atoms with E-state index in [2.05, 4.69) is 18.0 Å². The van der Waals surface area contributed by atoms with Gasteiger partial charge in [-0.05, 0) is 0 Å². The Labute approximate surface area is 91.0 Å². The van der Waals surface area contributed by atoms with Gasteiger partial charge in [0.25, 0.3) is 8.16 Å². The average Bonchev–Trinajstić information content (AvgIpc) is 2.29. The Balaban J connectivity index is 0.000000162. The summed E-state index contributed by atoms with van der Waals surface area (Å²) in [4.78, 5) is 0. The van der Waals surface area contributed by atoms with Crippen LogP contribution in [-0.2, 0) is 0 Å². The molecule has 4 unspecified atom stereocenters. The lowest BCUT2D eigenvalue weighted by molar-refractivity contribution is 0.404. The molecule has 0 fully saturated rings. The van der Waals surface area contributed by atoms with Gasteiger partial charge in [0.2, 0.25) is 0 Å². The van der Waals surface area contributed by atoms with E-state index in [1.807, 2.05) is 0 Å². The zero-order chi connectivity index (χ0) is 11.1.